The third-order valence-electron chi connectivity index (χ3n) is 9.34. The number of benzene rings is 2. The maximum atomic E-state index is 14.8. The van der Waals surface area contributed by atoms with E-state index in [4.69, 9.17) is 4.74 Å². The van der Waals surface area contributed by atoms with Crippen LogP contribution in [0.2, 0.25) is 0 Å². The zero-order chi connectivity index (χ0) is 27.0. The van der Waals surface area contributed by atoms with Crippen molar-refractivity contribution in [2.24, 2.45) is 11.8 Å². The van der Waals surface area contributed by atoms with Crippen molar-refractivity contribution in [3.63, 3.8) is 0 Å². The van der Waals surface area contributed by atoms with E-state index in [-0.39, 0.29) is 5.56 Å². The zero-order valence-corrected chi connectivity index (χ0v) is 23.5. The van der Waals surface area contributed by atoms with Crippen LogP contribution in [0.4, 0.5) is 13.2 Å². The SMILES string of the molecule is CCCCCC1CCC(c2ccc(COC(F)(F)Cc3ccc(C4CCC(CC)CC4)cc3)c(F)c2)CC1. The first kappa shape index (κ1) is 29.2. The standard InChI is InChI=1S/C34H47F3O/c1-3-5-6-7-26-10-16-30(17-11-26)31-20-21-32(33(35)22-31)24-38-34(36,37)23-27-12-18-29(19-13-27)28-14-8-25(4-2)9-15-28/h12-13,18-22,25-26,28,30H,3-11,14-17,23-24H2,1-2H3. The van der Waals surface area contributed by atoms with Gasteiger partial charge in [0.1, 0.15) is 5.82 Å². The largest absolute Gasteiger partial charge is 0.360 e. The monoisotopic (exact) mass is 528 g/mol. The van der Waals surface area contributed by atoms with Crippen molar-refractivity contribution >= 4 is 0 Å². The molecule has 4 rings (SSSR count). The summed E-state index contributed by atoms with van der Waals surface area (Å²) < 4.78 is 49.1. The van der Waals surface area contributed by atoms with Crippen LogP contribution >= 0.6 is 0 Å². The highest BCUT2D eigenvalue weighted by Gasteiger charge is 2.31. The highest BCUT2D eigenvalue weighted by molar-refractivity contribution is 5.28. The second-order valence-electron chi connectivity index (χ2n) is 12.0. The molecule has 2 aliphatic carbocycles. The Morgan fingerprint density at radius 3 is 1.97 bits per heavy atom. The molecule has 2 aromatic rings. The van der Waals surface area contributed by atoms with Crippen molar-refractivity contribution in [2.45, 2.75) is 128 Å². The average Bonchev–Trinajstić information content (AvgIpc) is 2.93. The molecule has 0 amide bonds. The number of hydrogen-bond acceptors (Lipinski definition) is 1. The van der Waals surface area contributed by atoms with Gasteiger partial charge in [0, 0.05) is 5.56 Å². The van der Waals surface area contributed by atoms with Crippen molar-refractivity contribution in [3.05, 3.63) is 70.5 Å². The number of unbranched alkanes of at least 4 members (excludes halogenated alkanes) is 2. The number of ether oxygens (including phenoxy) is 1. The summed E-state index contributed by atoms with van der Waals surface area (Å²) in [5.74, 6) is 2.10. The summed E-state index contributed by atoms with van der Waals surface area (Å²) in [5.41, 5.74) is 2.98. The van der Waals surface area contributed by atoms with Crippen LogP contribution in [0.15, 0.2) is 42.5 Å². The number of hydrogen-bond donors (Lipinski definition) is 0. The van der Waals surface area contributed by atoms with Crippen LogP contribution in [-0.4, -0.2) is 6.11 Å². The zero-order valence-electron chi connectivity index (χ0n) is 23.5. The van der Waals surface area contributed by atoms with Gasteiger partial charge in [0.15, 0.2) is 0 Å². The average molecular weight is 529 g/mol. The first-order chi connectivity index (χ1) is 18.4. The summed E-state index contributed by atoms with van der Waals surface area (Å²) in [4.78, 5) is 0. The lowest BCUT2D eigenvalue weighted by Gasteiger charge is -2.29. The minimum atomic E-state index is -3.35. The van der Waals surface area contributed by atoms with Crippen molar-refractivity contribution in [1.29, 1.82) is 0 Å². The molecule has 4 heteroatoms. The summed E-state index contributed by atoms with van der Waals surface area (Å²) in [6.07, 6.45) is 12.0. The third kappa shape index (κ3) is 8.34. The van der Waals surface area contributed by atoms with Gasteiger partial charge in [-0.3, -0.25) is 0 Å². The molecule has 38 heavy (non-hydrogen) atoms. The van der Waals surface area contributed by atoms with Crippen LogP contribution in [-0.2, 0) is 17.8 Å². The maximum Gasteiger partial charge on any atom is 0.360 e. The van der Waals surface area contributed by atoms with Gasteiger partial charge in [0.25, 0.3) is 0 Å². The molecule has 1 nitrogen and oxygen atoms in total. The summed E-state index contributed by atoms with van der Waals surface area (Å²) >= 11 is 0. The molecule has 2 aliphatic rings. The Balaban J connectivity index is 1.24. The topological polar surface area (TPSA) is 9.23 Å². The second-order valence-corrected chi connectivity index (χ2v) is 12.0. The minimum Gasteiger partial charge on any atom is -0.315 e. The first-order valence-corrected chi connectivity index (χ1v) is 15.3. The van der Waals surface area contributed by atoms with Gasteiger partial charge in [-0.25, -0.2) is 4.39 Å². The molecular formula is C34H47F3O. The van der Waals surface area contributed by atoms with Gasteiger partial charge in [0.2, 0.25) is 0 Å². The fraction of sp³-hybridized carbons (Fsp3) is 0.647. The predicted octanol–water partition coefficient (Wildman–Crippen LogP) is 10.7. The highest BCUT2D eigenvalue weighted by Crippen LogP contribution is 2.39. The lowest BCUT2D eigenvalue weighted by atomic mass is 9.77. The molecule has 0 saturated heterocycles. The molecule has 2 aromatic carbocycles. The lowest BCUT2D eigenvalue weighted by Crippen LogP contribution is -2.24. The minimum absolute atomic E-state index is 0.194. The van der Waals surface area contributed by atoms with Gasteiger partial charge in [-0.2, -0.15) is 8.78 Å². The first-order valence-electron chi connectivity index (χ1n) is 15.3. The van der Waals surface area contributed by atoms with Gasteiger partial charge in [-0.15, -0.1) is 0 Å². The molecule has 0 radical (unpaired) electrons. The van der Waals surface area contributed by atoms with Crippen LogP contribution in [0.1, 0.15) is 131 Å². The fourth-order valence-electron chi connectivity index (χ4n) is 6.69. The molecule has 0 spiro atoms. The van der Waals surface area contributed by atoms with Gasteiger partial charge in [-0.05, 0) is 97.8 Å². The molecular weight excluding hydrogens is 481 g/mol. The van der Waals surface area contributed by atoms with Crippen LogP contribution in [0, 0.1) is 17.7 Å². The molecule has 0 heterocycles. The van der Waals surface area contributed by atoms with E-state index in [2.05, 4.69) is 13.8 Å². The van der Waals surface area contributed by atoms with Crippen LogP contribution in [0.5, 0.6) is 0 Å². The Morgan fingerprint density at radius 1 is 0.763 bits per heavy atom. The number of halogens is 3. The Labute approximate surface area is 228 Å². The van der Waals surface area contributed by atoms with E-state index in [1.54, 1.807) is 24.3 Å². The van der Waals surface area contributed by atoms with Gasteiger partial charge < -0.3 is 4.74 Å². The fourth-order valence-corrected chi connectivity index (χ4v) is 6.69. The van der Waals surface area contributed by atoms with E-state index >= 15 is 0 Å². The van der Waals surface area contributed by atoms with Gasteiger partial charge in [-0.1, -0.05) is 82.3 Å². The highest BCUT2D eigenvalue weighted by atomic mass is 19.3. The van der Waals surface area contributed by atoms with Crippen LogP contribution in [0.3, 0.4) is 0 Å². The van der Waals surface area contributed by atoms with Crippen molar-refractivity contribution < 1.29 is 17.9 Å². The summed E-state index contributed by atoms with van der Waals surface area (Å²) in [5, 5.41) is 0. The van der Waals surface area contributed by atoms with Gasteiger partial charge >= 0.3 is 6.11 Å². The number of alkyl halides is 2. The smallest absolute Gasteiger partial charge is 0.315 e. The Hall–Kier alpha value is -1.81. The van der Waals surface area contributed by atoms with Crippen molar-refractivity contribution in [2.75, 3.05) is 0 Å². The molecule has 0 N–H and O–H groups in total. The molecule has 2 saturated carbocycles. The second kappa shape index (κ2) is 14.0. The predicted molar refractivity (Wildman–Crippen MR) is 150 cm³/mol. The van der Waals surface area contributed by atoms with E-state index in [0.29, 0.717) is 17.4 Å². The quantitative estimate of drug-likeness (QED) is 0.249. The normalized spacial score (nSPS) is 24.4. The van der Waals surface area contributed by atoms with E-state index < -0.39 is 25.0 Å². The Morgan fingerprint density at radius 2 is 1.37 bits per heavy atom. The third-order valence-corrected chi connectivity index (χ3v) is 9.34. The summed E-state index contributed by atoms with van der Waals surface area (Å²) in [6, 6.07) is 12.7. The van der Waals surface area contributed by atoms with Crippen LogP contribution in [0.25, 0.3) is 0 Å². The van der Waals surface area contributed by atoms with Gasteiger partial charge in [0.05, 0.1) is 13.0 Å². The van der Waals surface area contributed by atoms with E-state index in [1.165, 1.54) is 76.2 Å². The van der Waals surface area contributed by atoms with E-state index in [0.717, 1.165) is 30.2 Å². The lowest BCUT2D eigenvalue weighted by molar-refractivity contribution is -0.244. The molecule has 0 aliphatic heterocycles. The summed E-state index contributed by atoms with van der Waals surface area (Å²) in [7, 11) is 0. The Kier molecular flexibility index (Phi) is 10.8. The molecule has 0 bridgehead atoms. The molecule has 0 atom stereocenters. The maximum absolute atomic E-state index is 14.8. The van der Waals surface area contributed by atoms with E-state index in [1.807, 2.05) is 18.2 Å². The van der Waals surface area contributed by atoms with Crippen LogP contribution < -0.4 is 0 Å². The molecule has 2 fully saturated rings. The molecule has 0 unspecified atom stereocenters. The molecule has 0 aromatic heterocycles. The molecule has 210 valence electrons. The van der Waals surface area contributed by atoms with Crippen molar-refractivity contribution in [3.8, 4) is 0 Å². The number of rotatable bonds is 12. The summed E-state index contributed by atoms with van der Waals surface area (Å²) in [6.45, 7) is 4.06. The van der Waals surface area contributed by atoms with E-state index in [9.17, 15) is 13.2 Å². The Bertz CT molecular complexity index is 970. The van der Waals surface area contributed by atoms with Crippen molar-refractivity contribution in [1.82, 2.24) is 0 Å².